The molecule has 0 unspecified atom stereocenters. The van der Waals surface area contributed by atoms with Gasteiger partial charge in [-0.15, -0.1) is 0 Å². The van der Waals surface area contributed by atoms with Gasteiger partial charge in [0.2, 0.25) is 10.4 Å². The van der Waals surface area contributed by atoms with E-state index < -0.39 is 10.4 Å². The summed E-state index contributed by atoms with van der Waals surface area (Å²) >= 11 is 0. The Morgan fingerprint density at radius 3 is 2.25 bits per heavy atom. The molecule has 0 aromatic carbocycles. The van der Waals surface area contributed by atoms with Crippen LogP contribution in [0, 0.1) is 0 Å². The average Bonchev–Trinajstić information content (AvgIpc) is 1.85. The zero-order valence-electron chi connectivity index (χ0n) is 6.28. The first-order valence-corrected chi connectivity index (χ1v) is 4.19. The van der Waals surface area contributed by atoms with Crippen molar-refractivity contribution in [2.45, 2.75) is 0 Å². The highest BCUT2D eigenvalue weighted by molar-refractivity contribution is 7.79. The van der Waals surface area contributed by atoms with Crippen LogP contribution >= 0.6 is 0 Å². The maximum atomic E-state index is 8.63. The van der Waals surface area contributed by atoms with Crippen molar-refractivity contribution >= 4 is 10.4 Å². The lowest BCUT2D eigenvalue weighted by Gasteiger charge is -1.88. The zero-order chi connectivity index (χ0) is 9.61. The van der Waals surface area contributed by atoms with Gasteiger partial charge < -0.3 is 4.55 Å². The van der Waals surface area contributed by atoms with E-state index in [1.165, 1.54) is 0 Å². The van der Waals surface area contributed by atoms with E-state index in [2.05, 4.69) is 4.98 Å². The highest BCUT2D eigenvalue weighted by atomic mass is 32.3. The number of rotatable bonds is 0. The summed E-state index contributed by atoms with van der Waals surface area (Å²) in [5.41, 5.74) is 0. The Bertz CT molecular complexity index is 301. The molecule has 0 radical (unpaired) electrons. The normalized spacial score (nSPS) is 9.92. The van der Waals surface area contributed by atoms with Gasteiger partial charge in [0.15, 0.2) is 0 Å². The van der Waals surface area contributed by atoms with Crippen LogP contribution in [-0.2, 0) is 17.4 Å². The highest BCUT2D eigenvalue weighted by Crippen LogP contribution is 1.64. The second-order valence-electron chi connectivity index (χ2n) is 1.85. The molecule has 0 saturated heterocycles. The van der Waals surface area contributed by atoms with Crippen LogP contribution in [0.25, 0.3) is 0 Å². The fourth-order valence-electron chi connectivity index (χ4n) is 0.406. The summed E-state index contributed by atoms with van der Waals surface area (Å²) in [5, 5.41) is 0. The van der Waals surface area contributed by atoms with Crippen molar-refractivity contribution in [2.24, 2.45) is 7.05 Å². The molecule has 7 heteroatoms. The largest absolute Gasteiger partial charge is 0.726 e. The molecule has 1 aromatic rings. The fraction of sp³-hybridized carbons (Fsp3) is 0.200. The first kappa shape index (κ1) is 11.0. The lowest BCUT2D eigenvalue weighted by molar-refractivity contribution is -0.674. The molecule has 1 rings (SSSR count). The second kappa shape index (κ2) is 4.75. The van der Waals surface area contributed by atoms with E-state index in [1.807, 2.05) is 23.9 Å². The van der Waals surface area contributed by atoms with E-state index in [0.717, 1.165) is 0 Å². The Morgan fingerprint density at radius 2 is 2.08 bits per heavy atom. The molecule has 0 fully saturated rings. The minimum Gasteiger partial charge on any atom is -0.726 e. The van der Waals surface area contributed by atoms with E-state index in [4.69, 9.17) is 17.5 Å². The summed E-state index contributed by atoms with van der Waals surface area (Å²) in [4.78, 5) is 3.85. The number of aryl methyl sites for hydroxylation is 1. The van der Waals surface area contributed by atoms with Gasteiger partial charge >= 0.3 is 0 Å². The van der Waals surface area contributed by atoms with E-state index in [9.17, 15) is 0 Å². The van der Waals surface area contributed by atoms with Crippen molar-refractivity contribution in [3.05, 3.63) is 24.8 Å². The van der Waals surface area contributed by atoms with E-state index in [-0.39, 0.29) is 0 Å². The van der Waals surface area contributed by atoms with Gasteiger partial charge in [-0.05, 0) is 0 Å². The number of hydrogen-bond acceptors (Lipinski definition) is 4. The van der Waals surface area contributed by atoms with Gasteiger partial charge in [-0.25, -0.2) is 13.0 Å². The minimum absolute atomic E-state index is 1.75. The van der Waals surface area contributed by atoms with Crippen LogP contribution in [0.2, 0.25) is 0 Å². The molecule has 0 spiro atoms. The van der Waals surface area contributed by atoms with Crippen LogP contribution in [0.3, 0.4) is 0 Å². The zero-order valence-corrected chi connectivity index (χ0v) is 7.10. The van der Waals surface area contributed by atoms with Gasteiger partial charge in [0.1, 0.15) is 6.20 Å². The van der Waals surface area contributed by atoms with Gasteiger partial charge in [0, 0.05) is 6.07 Å². The lowest BCUT2D eigenvalue weighted by Crippen LogP contribution is -2.26. The SMILES string of the molecule is C[n+]1cccnc1.O=S(=O)([O-])O. The third kappa shape index (κ3) is 11.7. The Hall–Kier alpha value is -1.05. The molecule has 1 heterocycles. The molecule has 0 aliphatic rings. The molecule has 0 amide bonds. The van der Waals surface area contributed by atoms with Crippen LogP contribution in [-0.4, -0.2) is 22.5 Å². The first-order chi connectivity index (χ1) is 5.39. The molecule has 6 nitrogen and oxygen atoms in total. The van der Waals surface area contributed by atoms with Crippen molar-refractivity contribution in [3.63, 3.8) is 0 Å². The average molecular weight is 192 g/mol. The van der Waals surface area contributed by atoms with Crippen LogP contribution in [0.5, 0.6) is 0 Å². The smallest absolute Gasteiger partial charge is 0.285 e. The molecule has 0 atom stereocenters. The fourth-order valence-corrected chi connectivity index (χ4v) is 0.406. The molecular formula is C5H8N2O4S. The quantitative estimate of drug-likeness (QED) is 0.320. The van der Waals surface area contributed by atoms with Crippen LogP contribution in [0.4, 0.5) is 0 Å². The van der Waals surface area contributed by atoms with Crippen molar-refractivity contribution in [1.29, 1.82) is 0 Å². The first-order valence-electron chi connectivity index (χ1n) is 2.83. The monoisotopic (exact) mass is 192 g/mol. The predicted octanol–water partition coefficient (Wildman–Crippen LogP) is -1.09. The number of nitrogens with zero attached hydrogens (tertiary/aromatic N) is 2. The second-order valence-corrected chi connectivity index (χ2v) is 2.70. The van der Waals surface area contributed by atoms with E-state index in [1.54, 1.807) is 12.5 Å². The number of hydrogen-bond donors (Lipinski definition) is 1. The predicted molar refractivity (Wildman–Crippen MR) is 37.7 cm³/mol. The van der Waals surface area contributed by atoms with E-state index in [0.29, 0.717) is 0 Å². The van der Waals surface area contributed by atoms with Gasteiger partial charge in [0.05, 0.1) is 13.2 Å². The summed E-state index contributed by atoms with van der Waals surface area (Å²) in [6.45, 7) is 0. The highest BCUT2D eigenvalue weighted by Gasteiger charge is 1.79. The Morgan fingerprint density at radius 1 is 1.58 bits per heavy atom. The maximum Gasteiger partial charge on any atom is 0.285 e. The van der Waals surface area contributed by atoms with Gasteiger partial charge in [-0.3, -0.25) is 4.55 Å². The lowest BCUT2D eigenvalue weighted by atomic mass is 10.7. The van der Waals surface area contributed by atoms with Crippen molar-refractivity contribution in [2.75, 3.05) is 0 Å². The van der Waals surface area contributed by atoms with Crippen LogP contribution in [0.1, 0.15) is 0 Å². The van der Waals surface area contributed by atoms with Crippen molar-refractivity contribution in [3.8, 4) is 0 Å². The molecule has 0 aliphatic carbocycles. The summed E-state index contributed by atoms with van der Waals surface area (Å²) < 4.78 is 34.7. The molecule has 0 bridgehead atoms. The third-order valence-corrected chi connectivity index (χ3v) is 0.742. The standard InChI is InChI=1S/C5H7N2.H2O4S/c1-7-4-2-3-6-5-7;1-5(2,3)4/h2-5H,1H3;(H2,1,2,3,4)/q+1;/p-1. The summed E-state index contributed by atoms with van der Waals surface area (Å²) in [5.74, 6) is 0. The minimum atomic E-state index is -4.92. The summed E-state index contributed by atoms with van der Waals surface area (Å²) in [6, 6.07) is 1.89. The van der Waals surface area contributed by atoms with Crippen molar-refractivity contribution < 1.29 is 22.1 Å². The Balaban J connectivity index is 0.000000217. The molecule has 1 aromatic heterocycles. The molecular weight excluding hydrogens is 184 g/mol. The molecule has 0 aliphatic heterocycles. The molecule has 0 saturated carbocycles. The van der Waals surface area contributed by atoms with Gasteiger partial charge in [-0.2, -0.15) is 0 Å². The van der Waals surface area contributed by atoms with Gasteiger partial charge in [-0.1, -0.05) is 4.98 Å². The topological polar surface area (TPSA) is 94.2 Å². The van der Waals surface area contributed by atoms with Gasteiger partial charge in [0.25, 0.3) is 6.33 Å². The summed E-state index contributed by atoms with van der Waals surface area (Å²) in [6.07, 6.45) is 5.44. The molecule has 12 heavy (non-hydrogen) atoms. The maximum absolute atomic E-state index is 8.63. The Kier molecular flexibility index (Phi) is 4.34. The van der Waals surface area contributed by atoms with E-state index >= 15 is 0 Å². The van der Waals surface area contributed by atoms with Crippen LogP contribution < -0.4 is 4.57 Å². The van der Waals surface area contributed by atoms with Crippen molar-refractivity contribution in [1.82, 2.24) is 4.98 Å². The summed E-state index contributed by atoms with van der Waals surface area (Å²) in [7, 11) is -2.98. The Labute approximate surface area is 70.1 Å². The van der Waals surface area contributed by atoms with Crippen LogP contribution in [0.15, 0.2) is 24.8 Å². The third-order valence-electron chi connectivity index (χ3n) is 0.742. The molecule has 68 valence electrons. The molecule has 1 N–H and O–H groups in total. The number of aromatic nitrogens is 2.